The van der Waals surface area contributed by atoms with Crippen LogP contribution >= 0.6 is 15.6 Å². The zero-order valence-electron chi connectivity index (χ0n) is 62.0. The van der Waals surface area contributed by atoms with E-state index in [1.807, 2.05) is 0 Å². The minimum absolute atomic E-state index is 0.102. The molecule has 0 saturated carbocycles. The number of hydrogen-bond donors (Lipinski definition) is 3. The van der Waals surface area contributed by atoms with E-state index in [1.165, 1.54) is 186 Å². The lowest BCUT2D eigenvalue weighted by atomic mass is 9.99. The molecule has 0 fully saturated rings. The van der Waals surface area contributed by atoms with Crippen molar-refractivity contribution >= 4 is 39.5 Å². The maximum atomic E-state index is 13.1. The van der Waals surface area contributed by atoms with Gasteiger partial charge in [-0.3, -0.25) is 37.3 Å². The SMILES string of the molecule is CCCCCC/C=C\C=C/CCCCCCCC(=O)OC[C@H](COP(=O)(O)OC[C@@H](O)COP(=O)(O)OC[C@@H](COC(=O)CCCCCCCCCCCCC)OC(=O)CCCCCCCCCCC(C)CC)OC(=O)CCCCCCCCCCCCCCCCCCCC. The van der Waals surface area contributed by atoms with E-state index in [-0.39, 0.29) is 25.7 Å². The number of phosphoric acid groups is 2. The van der Waals surface area contributed by atoms with Crippen molar-refractivity contribution in [1.29, 1.82) is 0 Å². The van der Waals surface area contributed by atoms with Crippen LogP contribution < -0.4 is 0 Å². The number of aliphatic hydroxyl groups excluding tert-OH is 1. The van der Waals surface area contributed by atoms with E-state index in [9.17, 15) is 43.2 Å². The number of esters is 4. The van der Waals surface area contributed by atoms with Crippen molar-refractivity contribution in [2.24, 2.45) is 5.92 Å². The van der Waals surface area contributed by atoms with Crippen molar-refractivity contribution in [2.75, 3.05) is 39.6 Å². The molecule has 0 aliphatic heterocycles. The van der Waals surface area contributed by atoms with Crippen LogP contribution in [0.1, 0.15) is 381 Å². The van der Waals surface area contributed by atoms with Gasteiger partial charge < -0.3 is 33.8 Å². The van der Waals surface area contributed by atoms with E-state index >= 15 is 0 Å². The van der Waals surface area contributed by atoms with Crippen LogP contribution in [0.5, 0.6) is 0 Å². The minimum Gasteiger partial charge on any atom is -0.462 e. The Hall–Kier alpha value is -2.46. The first-order valence-corrected chi connectivity index (χ1v) is 42.5. The molecule has 19 heteroatoms. The van der Waals surface area contributed by atoms with Crippen molar-refractivity contribution in [3.63, 3.8) is 0 Å². The average Bonchev–Trinajstić information content (AvgIpc) is 1.26. The van der Waals surface area contributed by atoms with Crippen LogP contribution in [0.25, 0.3) is 0 Å². The van der Waals surface area contributed by atoms with Gasteiger partial charge in [0.05, 0.1) is 26.4 Å². The topological polar surface area (TPSA) is 237 Å². The molecule has 0 bridgehead atoms. The Morgan fingerprint density at radius 2 is 0.583 bits per heavy atom. The molecule has 0 aliphatic carbocycles. The van der Waals surface area contributed by atoms with Crippen LogP contribution in [0.2, 0.25) is 0 Å². The van der Waals surface area contributed by atoms with Gasteiger partial charge in [0.15, 0.2) is 12.2 Å². The normalized spacial score (nSPS) is 14.4. The highest BCUT2D eigenvalue weighted by atomic mass is 31.2. The summed E-state index contributed by atoms with van der Waals surface area (Å²) in [5, 5.41) is 10.6. The standard InChI is InChI=1S/C77H146O17P2/c1-6-10-13-16-19-22-25-27-29-30-31-33-35-38-41-47-52-57-62-76(81)93-72(66-88-75(80)61-56-51-46-40-37-34-32-28-26-23-20-17-14-11-7-2)68-91-95(83,84)89-64-71(78)65-90-96(85,86)92-69-73(67-87-74(79)60-55-50-45-39-36-24-21-18-15-12-8-3)94-77(82)63-58-53-48-43-42-44-49-54-59-70(5)9-4/h23,26,28,32,70-73,78H,6-22,24-25,27,29-31,33-69H2,1-5H3,(H,83,84)(H,85,86)/b26-23-,32-28-/t70?,71-,72-,73-/m1/s1. The first-order chi connectivity index (χ1) is 46.6. The number of carbonyl (C=O) groups excluding carboxylic acids is 4. The predicted octanol–water partition coefficient (Wildman–Crippen LogP) is 22.4. The molecule has 0 spiro atoms. The molecule has 0 saturated heterocycles. The van der Waals surface area contributed by atoms with Crippen molar-refractivity contribution in [3.8, 4) is 0 Å². The van der Waals surface area contributed by atoms with E-state index in [0.29, 0.717) is 25.7 Å². The third-order valence-corrected chi connectivity index (χ3v) is 19.7. The summed E-state index contributed by atoms with van der Waals surface area (Å²) in [5.41, 5.74) is 0. The summed E-state index contributed by atoms with van der Waals surface area (Å²) in [4.78, 5) is 72.8. The van der Waals surface area contributed by atoms with Gasteiger partial charge in [-0.2, -0.15) is 0 Å². The summed E-state index contributed by atoms with van der Waals surface area (Å²) in [5.74, 6) is -1.38. The fourth-order valence-electron chi connectivity index (χ4n) is 11.3. The van der Waals surface area contributed by atoms with Crippen molar-refractivity contribution in [1.82, 2.24) is 0 Å². The third kappa shape index (κ3) is 68.7. The molecule has 0 amide bonds. The van der Waals surface area contributed by atoms with Crippen molar-refractivity contribution in [2.45, 2.75) is 400 Å². The number of ether oxygens (including phenoxy) is 4. The molecule has 3 unspecified atom stereocenters. The van der Waals surface area contributed by atoms with Gasteiger partial charge in [0.25, 0.3) is 0 Å². The van der Waals surface area contributed by atoms with Crippen LogP contribution in [0.3, 0.4) is 0 Å². The zero-order chi connectivity index (χ0) is 70.5. The highest BCUT2D eigenvalue weighted by Crippen LogP contribution is 2.45. The summed E-state index contributed by atoms with van der Waals surface area (Å²) >= 11 is 0. The first-order valence-electron chi connectivity index (χ1n) is 39.5. The fraction of sp³-hybridized carbons (Fsp3) is 0.896. The Bertz CT molecular complexity index is 1940. The molecule has 0 aromatic rings. The maximum absolute atomic E-state index is 13.1. The van der Waals surface area contributed by atoms with Gasteiger partial charge in [-0.1, -0.05) is 329 Å². The van der Waals surface area contributed by atoms with Crippen molar-refractivity contribution in [3.05, 3.63) is 24.3 Å². The number of carbonyl (C=O) groups is 4. The van der Waals surface area contributed by atoms with E-state index in [2.05, 4.69) is 58.9 Å². The van der Waals surface area contributed by atoms with E-state index in [1.54, 1.807) is 0 Å². The molecular formula is C77H146O17P2. The second-order valence-electron chi connectivity index (χ2n) is 27.3. The van der Waals surface area contributed by atoms with Gasteiger partial charge in [0, 0.05) is 25.7 Å². The molecule has 96 heavy (non-hydrogen) atoms. The van der Waals surface area contributed by atoms with Crippen molar-refractivity contribution < 1.29 is 80.2 Å². The summed E-state index contributed by atoms with van der Waals surface area (Å²) in [6.45, 7) is 7.23. The summed E-state index contributed by atoms with van der Waals surface area (Å²) in [6, 6.07) is 0. The lowest BCUT2D eigenvalue weighted by Crippen LogP contribution is -2.30. The molecule has 0 aromatic carbocycles. The average molecular weight is 1410 g/mol. The molecule has 0 aliphatic rings. The Balaban J connectivity index is 5.28. The molecule has 17 nitrogen and oxygen atoms in total. The predicted molar refractivity (Wildman–Crippen MR) is 391 cm³/mol. The van der Waals surface area contributed by atoms with E-state index in [4.69, 9.17) is 37.0 Å². The highest BCUT2D eigenvalue weighted by Gasteiger charge is 2.30. The monoisotopic (exact) mass is 1410 g/mol. The summed E-state index contributed by atoms with van der Waals surface area (Å²) in [7, 11) is -9.92. The first kappa shape index (κ1) is 93.5. The second kappa shape index (κ2) is 69.6. The fourth-order valence-corrected chi connectivity index (χ4v) is 12.9. The van der Waals surface area contributed by atoms with Gasteiger partial charge in [0.2, 0.25) is 0 Å². The van der Waals surface area contributed by atoms with E-state index < -0.39 is 97.5 Å². The van der Waals surface area contributed by atoms with Crippen LogP contribution in [0.15, 0.2) is 24.3 Å². The smallest absolute Gasteiger partial charge is 0.462 e. The van der Waals surface area contributed by atoms with Crippen LogP contribution in [0.4, 0.5) is 0 Å². The quantitative estimate of drug-likeness (QED) is 0.0169. The van der Waals surface area contributed by atoms with Gasteiger partial charge in [-0.25, -0.2) is 9.13 Å². The second-order valence-corrected chi connectivity index (χ2v) is 30.2. The highest BCUT2D eigenvalue weighted by molar-refractivity contribution is 7.47. The zero-order valence-corrected chi connectivity index (χ0v) is 63.8. The lowest BCUT2D eigenvalue weighted by Gasteiger charge is -2.21. The molecule has 0 aromatic heterocycles. The Labute approximate surface area is 586 Å². The number of phosphoric ester groups is 2. The number of rotatable bonds is 75. The molecule has 0 heterocycles. The largest absolute Gasteiger partial charge is 0.472 e. The minimum atomic E-state index is -4.97. The molecule has 3 N–H and O–H groups in total. The Kier molecular flexibility index (Phi) is 67.8. The van der Waals surface area contributed by atoms with Gasteiger partial charge >= 0.3 is 39.5 Å². The Morgan fingerprint density at radius 1 is 0.333 bits per heavy atom. The molecular weight excluding hydrogens is 1260 g/mol. The lowest BCUT2D eigenvalue weighted by molar-refractivity contribution is -0.161. The van der Waals surface area contributed by atoms with E-state index in [0.717, 1.165) is 115 Å². The molecule has 0 rings (SSSR count). The molecule has 0 radical (unpaired) electrons. The maximum Gasteiger partial charge on any atom is 0.472 e. The van der Waals surface area contributed by atoms with Crippen LogP contribution in [-0.2, 0) is 65.4 Å². The number of allylic oxidation sites excluding steroid dienone is 4. The molecule has 566 valence electrons. The number of hydrogen-bond acceptors (Lipinski definition) is 15. The third-order valence-electron chi connectivity index (χ3n) is 17.8. The van der Waals surface area contributed by atoms with Gasteiger partial charge in [-0.05, 0) is 57.3 Å². The van der Waals surface area contributed by atoms with Gasteiger partial charge in [-0.15, -0.1) is 0 Å². The number of aliphatic hydroxyl groups is 1. The summed E-state index contributed by atoms with van der Waals surface area (Å²) < 4.78 is 68.5. The molecule has 6 atom stereocenters. The van der Waals surface area contributed by atoms with Crippen LogP contribution in [0, 0.1) is 5.92 Å². The summed E-state index contributed by atoms with van der Waals surface area (Å²) in [6.07, 6.45) is 61.7. The Morgan fingerprint density at radius 3 is 0.885 bits per heavy atom. The van der Waals surface area contributed by atoms with Crippen LogP contribution in [-0.4, -0.2) is 96.7 Å². The number of unbranched alkanes of at least 4 members (excludes halogenated alkanes) is 43. The van der Waals surface area contributed by atoms with Gasteiger partial charge in [0.1, 0.15) is 19.3 Å².